The lowest BCUT2D eigenvalue weighted by Gasteiger charge is -2.30. The zero-order valence-corrected chi connectivity index (χ0v) is 25.4. The fourth-order valence-corrected chi connectivity index (χ4v) is 5.98. The van der Waals surface area contributed by atoms with Crippen molar-refractivity contribution < 1.29 is 0 Å². The molecule has 10 heteroatoms. The van der Waals surface area contributed by atoms with Crippen molar-refractivity contribution in [2.45, 2.75) is 43.7 Å². The highest BCUT2D eigenvalue weighted by molar-refractivity contribution is 7.98. The highest BCUT2D eigenvalue weighted by Crippen LogP contribution is 2.23. The van der Waals surface area contributed by atoms with Gasteiger partial charge in [-0.2, -0.15) is 4.98 Å². The largest absolute Gasteiger partial charge is 0.381 e. The van der Waals surface area contributed by atoms with Crippen LogP contribution >= 0.6 is 11.8 Å². The number of allylic oxidation sites excluding steroid dienone is 2. The first-order chi connectivity index (χ1) is 21.0. The number of hydrogen-bond acceptors (Lipinski definition) is 9. The molecular formula is C33H34N8OS. The number of likely N-dealkylation sites (N-methyl/N-ethyl adjacent to an activating group) is 1. The van der Waals surface area contributed by atoms with E-state index in [4.69, 9.17) is 4.98 Å². The smallest absolute Gasteiger partial charge is 0.268 e. The van der Waals surface area contributed by atoms with E-state index in [1.165, 1.54) is 12.8 Å². The van der Waals surface area contributed by atoms with E-state index in [2.05, 4.69) is 61.5 Å². The maximum atomic E-state index is 13.9. The second kappa shape index (κ2) is 12.8. The third kappa shape index (κ3) is 6.63. The molecule has 2 aliphatic rings. The van der Waals surface area contributed by atoms with Gasteiger partial charge in [0.15, 0.2) is 0 Å². The number of likely N-dealkylation sites (tertiary alicyclic amines) is 1. The molecule has 1 atom stereocenters. The SMILES string of the molecule is CSc1ccncc1Cn1c(=O)c(C#CC2=C(C)CC=N2)cc2cnc(Nc3ccc(NC4CCCN(C)C4)cc3)nc21. The van der Waals surface area contributed by atoms with Gasteiger partial charge in [-0.3, -0.25) is 19.3 Å². The number of thioether (sulfide) groups is 1. The van der Waals surface area contributed by atoms with Gasteiger partial charge in [-0.15, -0.1) is 11.8 Å². The Hall–Kier alpha value is -4.46. The zero-order valence-electron chi connectivity index (χ0n) is 24.6. The van der Waals surface area contributed by atoms with Gasteiger partial charge in [-0.1, -0.05) is 5.92 Å². The Balaban J connectivity index is 1.32. The van der Waals surface area contributed by atoms with Crippen LogP contribution in [-0.2, 0) is 6.54 Å². The monoisotopic (exact) mass is 590 g/mol. The molecule has 0 bridgehead atoms. The maximum absolute atomic E-state index is 13.9. The third-order valence-electron chi connectivity index (χ3n) is 7.71. The average Bonchev–Trinajstić information content (AvgIpc) is 3.43. The number of rotatable bonds is 7. The van der Waals surface area contributed by atoms with Crippen molar-refractivity contribution in [3.8, 4) is 11.8 Å². The van der Waals surface area contributed by atoms with Gasteiger partial charge in [0.05, 0.1) is 12.1 Å². The van der Waals surface area contributed by atoms with Crippen LogP contribution in [0.1, 0.15) is 37.3 Å². The second-order valence-electron chi connectivity index (χ2n) is 11.0. The molecule has 4 aromatic rings. The number of anilines is 3. The molecule has 1 aromatic carbocycles. The molecule has 2 N–H and O–H groups in total. The third-order valence-corrected chi connectivity index (χ3v) is 8.55. The fourth-order valence-electron chi connectivity index (χ4n) is 5.40. The number of fused-ring (bicyclic) bond motifs is 1. The maximum Gasteiger partial charge on any atom is 0.268 e. The van der Waals surface area contributed by atoms with E-state index in [9.17, 15) is 4.79 Å². The molecule has 0 radical (unpaired) electrons. The van der Waals surface area contributed by atoms with Crippen molar-refractivity contribution >= 4 is 46.3 Å². The summed E-state index contributed by atoms with van der Waals surface area (Å²) in [4.78, 5) is 35.3. The molecule has 1 saturated heterocycles. The van der Waals surface area contributed by atoms with Gasteiger partial charge in [0.25, 0.3) is 5.56 Å². The van der Waals surface area contributed by atoms with Crippen LogP contribution in [-0.4, -0.2) is 63.1 Å². The van der Waals surface area contributed by atoms with Crippen LogP contribution in [0, 0.1) is 11.8 Å². The molecule has 2 aliphatic heterocycles. The van der Waals surface area contributed by atoms with E-state index in [0.717, 1.165) is 52.3 Å². The van der Waals surface area contributed by atoms with Gasteiger partial charge < -0.3 is 15.5 Å². The van der Waals surface area contributed by atoms with Crippen molar-refractivity contribution in [2.24, 2.45) is 4.99 Å². The Morgan fingerprint density at radius 2 is 1.95 bits per heavy atom. The Kier molecular flexibility index (Phi) is 8.54. The molecule has 0 saturated carbocycles. The number of aliphatic imine (C=N–C) groups is 1. The molecule has 0 aliphatic carbocycles. The summed E-state index contributed by atoms with van der Waals surface area (Å²) in [5.74, 6) is 6.56. The summed E-state index contributed by atoms with van der Waals surface area (Å²) in [7, 11) is 2.17. The molecular weight excluding hydrogens is 556 g/mol. The molecule has 5 heterocycles. The lowest BCUT2D eigenvalue weighted by Crippen LogP contribution is -2.39. The molecule has 9 nitrogen and oxygen atoms in total. The molecule has 6 rings (SSSR count). The van der Waals surface area contributed by atoms with Crippen molar-refractivity contribution in [3.63, 3.8) is 0 Å². The topological polar surface area (TPSA) is 100 Å². The number of pyridine rings is 2. The lowest BCUT2D eigenvalue weighted by molar-refractivity contribution is 0.261. The Labute approximate surface area is 255 Å². The predicted molar refractivity (Wildman–Crippen MR) is 175 cm³/mol. The average molecular weight is 591 g/mol. The van der Waals surface area contributed by atoms with Crippen LogP contribution in [0.3, 0.4) is 0 Å². The first-order valence-corrected chi connectivity index (χ1v) is 15.6. The Bertz CT molecular complexity index is 1830. The van der Waals surface area contributed by atoms with Crippen LogP contribution in [0.2, 0.25) is 0 Å². The summed E-state index contributed by atoms with van der Waals surface area (Å²) in [6, 6.07) is 12.3. The molecule has 218 valence electrons. The zero-order chi connectivity index (χ0) is 29.8. The summed E-state index contributed by atoms with van der Waals surface area (Å²) in [5.41, 5.74) is 5.37. The number of nitrogens with zero attached hydrogens (tertiary/aromatic N) is 6. The molecule has 3 aromatic heterocycles. The lowest BCUT2D eigenvalue weighted by atomic mass is 10.1. The van der Waals surface area contributed by atoms with Gasteiger partial charge in [0.1, 0.15) is 11.3 Å². The Morgan fingerprint density at radius 1 is 1.12 bits per heavy atom. The first-order valence-electron chi connectivity index (χ1n) is 14.4. The Morgan fingerprint density at radius 3 is 2.72 bits per heavy atom. The summed E-state index contributed by atoms with van der Waals surface area (Å²) in [6.07, 6.45) is 12.3. The summed E-state index contributed by atoms with van der Waals surface area (Å²) in [5, 5.41) is 7.67. The number of benzene rings is 1. The van der Waals surface area contributed by atoms with E-state index in [-0.39, 0.29) is 5.56 Å². The minimum absolute atomic E-state index is 0.218. The summed E-state index contributed by atoms with van der Waals surface area (Å²) in [6.45, 7) is 4.51. The van der Waals surface area contributed by atoms with Crippen molar-refractivity contribution in [3.05, 3.63) is 87.7 Å². The molecule has 0 amide bonds. The first kappa shape index (κ1) is 28.6. The molecule has 1 unspecified atom stereocenters. The molecule has 1 fully saturated rings. The standard InChI is InChI=1S/C33H34N8OS/c1-22-12-15-35-29(22)11-6-23-17-24-19-36-33(38-27-9-7-26(8-10-27)37-28-5-4-16-40(2)21-28)39-31(24)41(32(23)42)20-25-18-34-14-13-30(25)43-3/h7-10,13-15,17-19,28,37H,4-5,12,16,20-21H2,1-3H3,(H,36,38,39). The van der Waals surface area contributed by atoms with Gasteiger partial charge in [0.2, 0.25) is 5.95 Å². The van der Waals surface area contributed by atoms with Crippen LogP contribution in [0.5, 0.6) is 0 Å². The van der Waals surface area contributed by atoms with Crippen LogP contribution in [0.25, 0.3) is 11.0 Å². The van der Waals surface area contributed by atoms with Crippen LogP contribution < -0.4 is 16.2 Å². The highest BCUT2D eigenvalue weighted by Gasteiger charge is 2.17. The number of aromatic nitrogens is 4. The number of piperidine rings is 1. The van der Waals surface area contributed by atoms with Crippen LogP contribution in [0.15, 0.2) is 80.9 Å². The second-order valence-corrected chi connectivity index (χ2v) is 11.8. The minimum atomic E-state index is -0.218. The number of nitrogens with one attached hydrogen (secondary N) is 2. The van der Waals surface area contributed by atoms with E-state index >= 15 is 0 Å². The molecule has 0 spiro atoms. The van der Waals surface area contributed by atoms with Gasteiger partial charge >= 0.3 is 0 Å². The predicted octanol–water partition coefficient (Wildman–Crippen LogP) is 5.31. The van der Waals surface area contributed by atoms with E-state index in [0.29, 0.717) is 35.4 Å². The van der Waals surface area contributed by atoms with Gasteiger partial charge in [-0.25, -0.2) is 4.98 Å². The van der Waals surface area contributed by atoms with Gasteiger partial charge in [0, 0.05) is 71.0 Å². The van der Waals surface area contributed by atoms with Gasteiger partial charge in [-0.05, 0) is 87.5 Å². The number of hydrogen-bond donors (Lipinski definition) is 2. The van der Waals surface area contributed by atoms with Crippen molar-refractivity contribution in [2.75, 3.05) is 37.0 Å². The van der Waals surface area contributed by atoms with Crippen molar-refractivity contribution in [1.29, 1.82) is 0 Å². The normalized spacial score (nSPS) is 16.8. The van der Waals surface area contributed by atoms with E-state index in [1.54, 1.807) is 41.0 Å². The molecule has 43 heavy (non-hydrogen) atoms. The quantitative estimate of drug-likeness (QED) is 0.221. The van der Waals surface area contributed by atoms with E-state index in [1.807, 2.05) is 37.6 Å². The van der Waals surface area contributed by atoms with E-state index < -0.39 is 0 Å². The fraction of sp³-hybridized carbons (Fsp3) is 0.303. The van der Waals surface area contributed by atoms with Crippen molar-refractivity contribution in [1.82, 2.24) is 24.4 Å². The van der Waals surface area contributed by atoms with Crippen LogP contribution in [0.4, 0.5) is 17.3 Å². The summed E-state index contributed by atoms with van der Waals surface area (Å²) < 4.78 is 1.66. The summed E-state index contributed by atoms with van der Waals surface area (Å²) >= 11 is 1.62. The highest BCUT2D eigenvalue weighted by atomic mass is 32.2. The minimum Gasteiger partial charge on any atom is -0.381 e.